The van der Waals surface area contributed by atoms with Gasteiger partial charge in [-0.1, -0.05) is 42.7 Å². The number of aromatic nitrogens is 1. The van der Waals surface area contributed by atoms with Gasteiger partial charge in [-0.2, -0.15) is 0 Å². The third kappa shape index (κ3) is 3.50. The Morgan fingerprint density at radius 1 is 1.11 bits per heavy atom. The first kappa shape index (κ1) is 17.8. The minimum atomic E-state index is -0.592. The third-order valence-electron chi connectivity index (χ3n) is 5.15. The van der Waals surface area contributed by atoms with E-state index in [9.17, 15) is 4.79 Å². The smallest absolute Gasteiger partial charge is 0.236 e. The van der Waals surface area contributed by atoms with Crippen molar-refractivity contribution in [3.8, 4) is 11.3 Å². The van der Waals surface area contributed by atoms with E-state index in [2.05, 4.69) is 36.5 Å². The molecule has 4 nitrogen and oxygen atoms in total. The van der Waals surface area contributed by atoms with Crippen molar-refractivity contribution in [2.75, 3.05) is 5.32 Å². The van der Waals surface area contributed by atoms with Gasteiger partial charge in [-0.05, 0) is 60.7 Å². The van der Waals surface area contributed by atoms with Gasteiger partial charge in [0.15, 0.2) is 5.76 Å². The van der Waals surface area contributed by atoms with E-state index in [1.807, 2.05) is 30.3 Å². The molecule has 1 heterocycles. The molecule has 0 aliphatic heterocycles. The molecule has 1 N–H and O–H groups in total. The normalized spacial score (nSPS) is 15.0. The van der Waals surface area contributed by atoms with E-state index < -0.39 is 5.41 Å². The van der Waals surface area contributed by atoms with Gasteiger partial charge in [0, 0.05) is 22.3 Å². The van der Waals surface area contributed by atoms with Gasteiger partial charge in [-0.15, -0.1) is 0 Å². The van der Waals surface area contributed by atoms with Crippen LogP contribution in [0.5, 0.6) is 0 Å². The van der Waals surface area contributed by atoms with Crippen LogP contribution in [-0.4, -0.2) is 11.1 Å². The summed E-state index contributed by atoms with van der Waals surface area (Å²) in [6.45, 7) is 4.30. The van der Waals surface area contributed by atoms with Gasteiger partial charge in [0.2, 0.25) is 5.91 Å². The Morgan fingerprint density at radius 3 is 2.37 bits per heavy atom. The monoisotopic (exact) mass is 380 g/mol. The maximum Gasteiger partial charge on any atom is 0.236 e. The molecule has 0 atom stereocenters. The van der Waals surface area contributed by atoms with Crippen LogP contribution in [0.25, 0.3) is 11.3 Å². The van der Waals surface area contributed by atoms with Crippen LogP contribution < -0.4 is 5.32 Å². The summed E-state index contributed by atoms with van der Waals surface area (Å²) in [5.74, 6) is 1.07. The van der Waals surface area contributed by atoms with Gasteiger partial charge in [0.25, 0.3) is 0 Å². The lowest BCUT2D eigenvalue weighted by atomic mass is 9.99. The van der Waals surface area contributed by atoms with Crippen molar-refractivity contribution in [2.45, 2.75) is 38.0 Å². The number of rotatable bonds is 5. The van der Waals surface area contributed by atoms with Gasteiger partial charge in [0.05, 0.1) is 11.1 Å². The van der Waals surface area contributed by atoms with E-state index in [0.29, 0.717) is 22.4 Å². The predicted molar refractivity (Wildman–Crippen MR) is 107 cm³/mol. The molecular weight excluding hydrogens is 360 g/mol. The molecule has 138 valence electrons. The van der Waals surface area contributed by atoms with Crippen LogP contribution in [0.4, 0.5) is 5.69 Å². The van der Waals surface area contributed by atoms with Crippen molar-refractivity contribution >= 4 is 23.2 Å². The third-order valence-corrected chi connectivity index (χ3v) is 5.40. The summed E-state index contributed by atoms with van der Waals surface area (Å²) in [7, 11) is 0. The first-order valence-electron chi connectivity index (χ1n) is 9.12. The van der Waals surface area contributed by atoms with Gasteiger partial charge in [-0.3, -0.25) is 4.79 Å². The van der Waals surface area contributed by atoms with Crippen LogP contribution >= 0.6 is 11.6 Å². The molecule has 1 saturated carbocycles. The molecule has 0 unspecified atom stereocenters. The highest BCUT2D eigenvalue weighted by atomic mass is 35.5. The van der Waals surface area contributed by atoms with E-state index in [1.54, 1.807) is 12.1 Å². The largest absolute Gasteiger partial charge is 0.356 e. The molecule has 0 radical (unpaired) electrons. The Bertz CT molecular complexity index is 955. The standard InChI is InChI=1S/C22H21ClN2O2/c1-14(2)15-5-9-18(10-6-15)24-21(26)22(11-12-22)20-13-19(27-25-20)16-3-7-17(23)8-4-16/h3-10,13-14H,11-12H2,1-2H3,(H,24,26). The molecule has 0 saturated heterocycles. The molecule has 0 bridgehead atoms. The zero-order chi connectivity index (χ0) is 19.0. The van der Waals surface area contributed by atoms with Crippen LogP contribution in [0, 0.1) is 0 Å². The molecule has 1 fully saturated rings. The lowest BCUT2D eigenvalue weighted by molar-refractivity contribution is -0.118. The van der Waals surface area contributed by atoms with E-state index in [-0.39, 0.29) is 5.91 Å². The fourth-order valence-electron chi connectivity index (χ4n) is 3.18. The summed E-state index contributed by atoms with van der Waals surface area (Å²) < 4.78 is 5.49. The number of carbonyl (C=O) groups excluding carboxylic acids is 1. The van der Waals surface area contributed by atoms with Crippen molar-refractivity contribution in [2.24, 2.45) is 0 Å². The molecule has 1 aromatic heterocycles. The van der Waals surface area contributed by atoms with E-state index in [4.69, 9.17) is 16.1 Å². The maximum atomic E-state index is 12.9. The highest BCUT2D eigenvalue weighted by molar-refractivity contribution is 6.30. The lowest BCUT2D eigenvalue weighted by Gasteiger charge is -2.13. The minimum Gasteiger partial charge on any atom is -0.356 e. The fraction of sp³-hybridized carbons (Fsp3) is 0.273. The molecule has 27 heavy (non-hydrogen) atoms. The highest BCUT2D eigenvalue weighted by Crippen LogP contribution is 2.49. The molecule has 1 aliphatic carbocycles. The summed E-state index contributed by atoms with van der Waals surface area (Å²) in [6.07, 6.45) is 1.55. The van der Waals surface area contributed by atoms with Gasteiger partial charge >= 0.3 is 0 Å². The Hall–Kier alpha value is -2.59. The zero-order valence-electron chi connectivity index (χ0n) is 15.3. The average Bonchev–Trinajstić information content (AvgIpc) is 3.33. The second kappa shape index (κ2) is 6.86. The number of hydrogen-bond acceptors (Lipinski definition) is 3. The summed E-state index contributed by atoms with van der Waals surface area (Å²) in [4.78, 5) is 12.9. The van der Waals surface area contributed by atoms with Crippen molar-refractivity contribution in [3.05, 3.63) is 70.9 Å². The summed E-state index contributed by atoms with van der Waals surface area (Å²) in [6, 6.07) is 17.2. The first-order valence-corrected chi connectivity index (χ1v) is 9.50. The lowest BCUT2D eigenvalue weighted by Crippen LogP contribution is -2.28. The SMILES string of the molecule is CC(C)c1ccc(NC(=O)C2(c3cc(-c4ccc(Cl)cc4)on3)CC2)cc1. The summed E-state index contributed by atoms with van der Waals surface area (Å²) in [5.41, 5.74) is 3.03. The summed E-state index contributed by atoms with van der Waals surface area (Å²) >= 11 is 5.93. The van der Waals surface area contributed by atoms with Gasteiger partial charge in [0.1, 0.15) is 0 Å². The Balaban J connectivity index is 1.51. The molecule has 5 heteroatoms. The van der Waals surface area contributed by atoms with Crippen LogP contribution in [0.2, 0.25) is 5.02 Å². The fourth-order valence-corrected chi connectivity index (χ4v) is 3.30. The highest BCUT2D eigenvalue weighted by Gasteiger charge is 2.53. The molecule has 3 aromatic rings. The van der Waals surface area contributed by atoms with Gasteiger partial charge < -0.3 is 9.84 Å². The van der Waals surface area contributed by atoms with E-state index in [0.717, 1.165) is 24.1 Å². The molecule has 1 aliphatic rings. The molecule has 1 amide bonds. The summed E-state index contributed by atoms with van der Waals surface area (Å²) in [5, 5.41) is 7.87. The second-order valence-corrected chi connectivity index (χ2v) is 7.83. The van der Waals surface area contributed by atoms with E-state index in [1.165, 1.54) is 5.56 Å². The van der Waals surface area contributed by atoms with Crippen LogP contribution in [0.3, 0.4) is 0 Å². The molecular formula is C22H21ClN2O2. The molecule has 4 rings (SSSR count). The molecule has 0 spiro atoms. The second-order valence-electron chi connectivity index (χ2n) is 7.40. The van der Waals surface area contributed by atoms with Crippen LogP contribution in [-0.2, 0) is 10.2 Å². The van der Waals surface area contributed by atoms with Gasteiger partial charge in [-0.25, -0.2) is 0 Å². The Morgan fingerprint density at radius 2 is 1.78 bits per heavy atom. The Kier molecular flexibility index (Phi) is 4.52. The minimum absolute atomic E-state index is 0.0317. The Labute approximate surface area is 163 Å². The van der Waals surface area contributed by atoms with Crippen molar-refractivity contribution in [1.29, 1.82) is 0 Å². The van der Waals surface area contributed by atoms with Crippen LogP contribution in [0.15, 0.2) is 59.1 Å². The topological polar surface area (TPSA) is 55.1 Å². The quantitative estimate of drug-likeness (QED) is 0.609. The number of anilines is 1. The number of hydrogen-bond donors (Lipinski definition) is 1. The molecule has 2 aromatic carbocycles. The predicted octanol–water partition coefficient (Wildman–Crippen LogP) is 5.79. The van der Waals surface area contributed by atoms with Crippen molar-refractivity contribution in [3.63, 3.8) is 0 Å². The number of nitrogens with zero attached hydrogens (tertiary/aromatic N) is 1. The number of amides is 1. The average molecular weight is 381 g/mol. The zero-order valence-corrected chi connectivity index (χ0v) is 16.1. The number of carbonyl (C=O) groups is 1. The number of nitrogens with one attached hydrogen (secondary N) is 1. The first-order chi connectivity index (χ1) is 13.0. The van der Waals surface area contributed by atoms with E-state index >= 15 is 0 Å². The van der Waals surface area contributed by atoms with Crippen LogP contribution in [0.1, 0.15) is 43.9 Å². The van der Waals surface area contributed by atoms with Crippen molar-refractivity contribution in [1.82, 2.24) is 5.16 Å². The van der Waals surface area contributed by atoms with Crippen molar-refractivity contribution < 1.29 is 9.32 Å². The number of halogens is 1. The maximum absolute atomic E-state index is 12.9. The number of benzene rings is 2.